The summed E-state index contributed by atoms with van der Waals surface area (Å²) in [5.74, 6) is -0.448. The molecule has 1 aromatic heterocycles. The predicted octanol–water partition coefficient (Wildman–Crippen LogP) is 4.23. The Bertz CT molecular complexity index is 1320. The van der Waals surface area contributed by atoms with E-state index in [1.54, 1.807) is 7.05 Å². The summed E-state index contributed by atoms with van der Waals surface area (Å²) in [7, 11) is -2.18. The number of hydrogen-bond acceptors (Lipinski definition) is 6. The summed E-state index contributed by atoms with van der Waals surface area (Å²) in [5.41, 5.74) is 2.06. The summed E-state index contributed by atoms with van der Waals surface area (Å²) in [6.45, 7) is 6.93. The molecular formula is C26H31FN4O4S. The Morgan fingerprint density at radius 1 is 1.14 bits per heavy atom. The first-order valence-electron chi connectivity index (χ1n) is 11.9. The van der Waals surface area contributed by atoms with Gasteiger partial charge in [0.1, 0.15) is 5.82 Å². The van der Waals surface area contributed by atoms with Gasteiger partial charge in [0, 0.05) is 25.7 Å². The van der Waals surface area contributed by atoms with E-state index in [1.807, 2.05) is 24.3 Å². The first-order chi connectivity index (χ1) is 16.9. The van der Waals surface area contributed by atoms with Crippen molar-refractivity contribution in [2.75, 3.05) is 20.1 Å². The maximum absolute atomic E-state index is 13.2. The first-order valence-corrected chi connectivity index (χ1v) is 13.3. The Balaban J connectivity index is 1.40. The van der Waals surface area contributed by atoms with Crippen LogP contribution in [0.2, 0.25) is 0 Å². The molecule has 0 radical (unpaired) electrons. The molecule has 0 unspecified atom stereocenters. The highest BCUT2D eigenvalue weighted by Crippen LogP contribution is 2.27. The molecule has 3 aromatic rings. The van der Waals surface area contributed by atoms with E-state index in [4.69, 9.17) is 4.52 Å². The zero-order valence-electron chi connectivity index (χ0n) is 20.9. The van der Waals surface area contributed by atoms with Gasteiger partial charge >= 0.3 is 0 Å². The van der Waals surface area contributed by atoms with Crippen molar-refractivity contribution in [2.45, 2.75) is 50.5 Å². The minimum atomic E-state index is -3.81. The Labute approximate surface area is 211 Å². The second-order valence-corrected chi connectivity index (χ2v) is 12.1. The fourth-order valence-corrected chi connectivity index (χ4v) is 5.79. The third-order valence-electron chi connectivity index (χ3n) is 6.41. The molecule has 8 nitrogen and oxygen atoms in total. The molecule has 1 fully saturated rings. The zero-order valence-corrected chi connectivity index (χ0v) is 21.8. The van der Waals surface area contributed by atoms with Gasteiger partial charge in [0.05, 0.1) is 17.4 Å². The van der Waals surface area contributed by atoms with Gasteiger partial charge in [-0.25, -0.2) is 12.8 Å². The Kier molecular flexibility index (Phi) is 7.28. The SMILES string of the molecule is CN(Cc1nc(-c2ccc(C(C)(C)C)cc2)no1)C(=O)[C@H]1CCCN(S(=O)(=O)c2ccc(F)cc2)C1. The topological polar surface area (TPSA) is 96.6 Å². The van der Waals surface area contributed by atoms with Crippen LogP contribution in [0.5, 0.6) is 0 Å². The highest BCUT2D eigenvalue weighted by atomic mass is 32.2. The predicted molar refractivity (Wildman–Crippen MR) is 133 cm³/mol. The molecule has 1 aliphatic heterocycles. The average molecular weight is 515 g/mol. The van der Waals surface area contributed by atoms with Crippen LogP contribution < -0.4 is 0 Å². The summed E-state index contributed by atoms with van der Waals surface area (Å²) in [6, 6.07) is 12.7. The van der Waals surface area contributed by atoms with Crippen molar-refractivity contribution in [1.29, 1.82) is 0 Å². The van der Waals surface area contributed by atoms with Crippen LogP contribution in [0, 0.1) is 11.7 Å². The number of carbonyl (C=O) groups excluding carboxylic acids is 1. The first kappa shape index (κ1) is 26.0. The van der Waals surface area contributed by atoms with Crippen molar-refractivity contribution in [3.63, 3.8) is 0 Å². The van der Waals surface area contributed by atoms with E-state index in [1.165, 1.54) is 26.9 Å². The third-order valence-corrected chi connectivity index (χ3v) is 8.29. The largest absolute Gasteiger partial charge is 0.337 e. The highest BCUT2D eigenvalue weighted by molar-refractivity contribution is 7.89. The maximum atomic E-state index is 13.2. The van der Waals surface area contributed by atoms with Crippen LogP contribution in [-0.4, -0.2) is 53.8 Å². The van der Waals surface area contributed by atoms with Gasteiger partial charge in [-0.2, -0.15) is 9.29 Å². The quantitative estimate of drug-likeness (QED) is 0.488. The molecule has 0 spiro atoms. The molecule has 2 aromatic carbocycles. The molecule has 0 aliphatic carbocycles. The Morgan fingerprint density at radius 3 is 2.44 bits per heavy atom. The van der Waals surface area contributed by atoms with Crippen LogP contribution in [0.15, 0.2) is 57.9 Å². The fraction of sp³-hybridized carbons (Fsp3) is 0.423. The minimum absolute atomic E-state index is 0.0132. The standard InChI is InChI=1S/C26H31FN4O4S/c1-26(2,3)20-9-7-18(8-10-20)24-28-23(35-29-24)17-30(4)25(32)19-6-5-15-31(16-19)36(33,34)22-13-11-21(27)12-14-22/h7-14,19H,5-6,15-17H2,1-4H3/t19-/m0/s1. The zero-order chi connectivity index (χ0) is 26.1. The molecule has 1 aliphatic rings. The molecule has 10 heteroatoms. The van der Waals surface area contributed by atoms with Crippen molar-refractivity contribution in [3.8, 4) is 11.4 Å². The number of aromatic nitrogens is 2. The number of benzene rings is 2. The van der Waals surface area contributed by atoms with Crippen LogP contribution >= 0.6 is 0 Å². The number of nitrogens with zero attached hydrogens (tertiary/aromatic N) is 4. The molecule has 0 saturated carbocycles. The van der Waals surface area contributed by atoms with Crippen LogP contribution in [-0.2, 0) is 26.8 Å². The molecule has 1 amide bonds. The molecule has 4 rings (SSSR count). The average Bonchev–Trinajstić information content (AvgIpc) is 3.32. The van der Waals surface area contributed by atoms with Crippen molar-refractivity contribution >= 4 is 15.9 Å². The van der Waals surface area contributed by atoms with Gasteiger partial charge in [0.15, 0.2) is 0 Å². The number of sulfonamides is 1. The van der Waals surface area contributed by atoms with Gasteiger partial charge in [-0.15, -0.1) is 0 Å². The lowest BCUT2D eigenvalue weighted by atomic mass is 9.87. The normalized spacial score (nSPS) is 17.2. The number of halogens is 1. The van der Waals surface area contributed by atoms with Crippen molar-refractivity contribution in [2.24, 2.45) is 5.92 Å². The minimum Gasteiger partial charge on any atom is -0.337 e. The van der Waals surface area contributed by atoms with Crippen LogP contribution in [0.25, 0.3) is 11.4 Å². The second kappa shape index (κ2) is 10.1. The van der Waals surface area contributed by atoms with Gasteiger partial charge in [0.25, 0.3) is 0 Å². The Hall–Kier alpha value is -3.11. The third kappa shape index (κ3) is 5.65. The molecule has 1 atom stereocenters. The van der Waals surface area contributed by atoms with Crippen LogP contribution in [0.3, 0.4) is 0 Å². The van der Waals surface area contributed by atoms with E-state index in [2.05, 4.69) is 30.9 Å². The van der Waals surface area contributed by atoms with E-state index in [9.17, 15) is 17.6 Å². The van der Waals surface area contributed by atoms with Gasteiger partial charge in [-0.05, 0) is 48.1 Å². The maximum Gasteiger partial charge on any atom is 0.246 e. The summed E-state index contributed by atoms with van der Waals surface area (Å²) >= 11 is 0. The van der Waals surface area contributed by atoms with Crippen molar-refractivity contribution in [1.82, 2.24) is 19.3 Å². The second-order valence-electron chi connectivity index (χ2n) is 10.2. The van der Waals surface area contributed by atoms with Gasteiger partial charge in [0.2, 0.25) is 27.6 Å². The Morgan fingerprint density at radius 2 is 1.81 bits per heavy atom. The number of rotatable bonds is 6. The summed E-state index contributed by atoms with van der Waals surface area (Å²) < 4.78 is 45.9. The smallest absolute Gasteiger partial charge is 0.246 e. The highest BCUT2D eigenvalue weighted by Gasteiger charge is 2.34. The summed E-state index contributed by atoms with van der Waals surface area (Å²) in [6.07, 6.45) is 1.13. The van der Waals surface area contributed by atoms with Crippen LogP contribution in [0.4, 0.5) is 4.39 Å². The van der Waals surface area contributed by atoms with E-state index in [-0.39, 0.29) is 29.3 Å². The molecule has 192 valence electrons. The number of piperidine rings is 1. The number of hydrogen-bond donors (Lipinski definition) is 0. The monoisotopic (exact) mass is 514 g/mol. The number of amides is 1. The molecule has 1 saturated heterocycles. The molecular weight excluding hydrogens is 483 g/mol. The summed E-state index contributed by atoms with van der Waals surface area (Å²) in [4.78, 5) is 19.1. The number of carbonyl (C=O) groups is 1. The van der Waals surface area contributed by atoms with E-state index in [0.717, 1.165) is 17.7 Å². The molecule has 0 bridgehead atoms. The molecule has 2 heterocycles. The van der Waals surface area contributed by atoms with Crippen molar-refractivity contribution < 1.29 is 22.1 Å². The van der Waals surface area contributed by atoms with Gasteiger partial charge in [-0.1, -0.05) is 50.2 Å². The lowest BCUT2D eigenvalue weighted by Gasteiger charge is -2.33. The molecule has 0 N–H and O–H groups in total. The van der Waals surface area contributed by atoms with Crippen molar-refractivity contribution in [3.05, 3.63) is 65.8 Å². The van der Waals surface area contributed by atoms with E-state index in [0.29, 0.717) is 31.1 Å². The molecule has 36 heavy (non-hydrogen) atoms. The van der Waals surface area contributed by atoms with Crippen LogP contribution in [0.1, 0.15) is 45.1 Å². The lowest BCUT2D eigenvalue weighted by Crippen LogP contribution is -2.45. The van der Waals surface area contributed by atoms with E-state index >= 15 is 0 Å². The fourth-order valence-electron chi connectivity index (χ4n) is 4.27. The lowest BCUT2D eigenvalue weighted by molar-refractivity contribution is -0.136. The van der Waals surface area contributed by atoms with Gasteiger partial charge in [-0.3, -0.25) is 4.79 Å². The van der Waals surface area contributed by atoms with Gasteiger partial charge < -0.3 is 9.42 Å². The summed E-state index contributed by atoms with van der Waals surface area (Å²) in [5, 5.41) is 4.05. The van der Waals surface area contributed by atoms with E-state index < -0.39 is 21.8 Å².